The number of amides is 2. The summed E-state index contributed by atoms with van der Waals surface area (Å²) in [4.78, 5) is 26.6. The monoisotopic (exact) mass is 552 g/mol. The molecule has 0 fully saturated rings. The highest BCUT2D eigenvalue weighted by molar-refractivity contribution is 6.30. The van der Waals surface area contributed by atoms with Gasteiger partial charge in [-0.05, 0) is 66.7 Å². The molecule has 5 rings (SSSR count). The molecular formula is C31H25ClN4O4. The number of para-hydroxylation sites is 1. The van der Waals surface area contributed by atoms with Gasteiger partial charge < -0.3 is 19.8 Å². The summed E-state index contributed by atoms with van der Waals surface area (Å²) >= 11 is 6.12. The van der Waals surface area contributed by atoms with E-state index in [2.05, 4.69) is 10.6 Å². The normalized spacial score (nSPS) is 11.2. The van der Waals surface area contributed by atoms with Gasteiger partial charge >= 0.3 is 0 Å². The highest BCUT2D eigenvalue weighted by Gasteiger charge is 2.18. The maximum absolute atomic E-state index is 13.4. The summed E-state index contributed by atoms with van der Waals surface area (Å²) in [5, 5.41) is 11.0. The molecule has 8 nitrogen and oxygen atoms in total. The number of ether oxygens (including phenoxy) is 1. The van der Waals surface area contributed by atoms with Crippen LogP contribution in [0.25, 0.3) is 23.0 Å². The maximum atomic E-state index is 13.4. The van der Waals surface area contributed by atoms with Gasteiger partial charge in [0, 0.05) is 27.9 Å². The summed E-state index contributed by atoms with van der Waals surface area (Å²) in [6, 6.07) is 26.9. The standard InChI is InChI=1S/C31H25ClN4O4/c1-39-26-15-11-22(12-16-26)30(37)34-28(31(38)33-19-27-8-5-17-40-27)18-23-20-36(25-6-3-2-4-7-25)35-29(23)21-9-13-24(32)14-10-21/h2-18,20H,19H2,1H3,(H,33,38)(H,34,37)/b28-18+. The number of hydrogen-bond donors (Lipinski definition) is 2. The van der Waals surface area contributed by atoms with Crippen LogP contribution in [0, 0.1) is 0 Å². The van der Waals surface area contributed by atoms with Crippen molar-refractivity contribution in [3.8, 4) is 22.7 Å². The van der Waals surface area contributed by atoms with Crippen molar-refractivity contribution in [2.24, 2.45) is 0 Å². The van der Waals surface area contributed by atoms with E-state index in [9.17, 15) is 9.59 Å². The molecule has 0 aliphatic heterocycles. The number of benzene rings is 3. The molecule has 0 atom stereocenters. The lowest BCUT2D eigenvalue weighted by atomic mass is 10.1. The van der Waals surface area contributed by atoms with Gasteiger partial charge in [0.25, 0.3) is 11.8 Å². The Morgan fingerprint density at radius 3 is 2.40 bits per heavy atom. The smallest absolute Gasteiger partial charge is 0.268 e. The van der Waals surface area contributed by atoms with E-state index in [-0.39, 0.29) is 12.2 Å². The molecule has 9 heteroatoms. The van der Waals surface area contributed by atoms with Crippen LogP contribution in [0.4, 0.5) is 0 Å². The van der Waals surface area contributed by atoms with Crippen LogP contribution in [0.3, 0.4) is 0 Å². The Labute approximate surface area is 235 Å². The molecule has 0 spiro atoms. The Morgan fingerprint density at radius 1 is 0.975 bits per heavy atom. The Hall–Kier alpha value is -5.08. The van der Waals surface area contributed by atoms with Crippen LogP contribution >= 0.6 is 11.6 Å². The summed E-state index contributed by atoms with van der Waals surface area (Å²) in [6.07, 6.45) is 4.94. The summed E-state index contributed by atoms with van der Waals surface area (Å²) < 4.78 is 12.2. The van der Waals surface area contributed by atoms with Crippen LogP contribution in [-0.4, -0.2) is 28.7 Å². The van der Waals surface area contributed by atoms with Crippen LogP contribution in [0.15, 0.2) is 114 Å². The SMILES string of the molecule is COc1ccc(C(=O)N/C(=C/c2cn(-c3ccccc3)nc2-c2ccc(Cl)cc2)C(=O)NCc2ccco2)cc1. The van der Waals surface area contributed by atoms with E-state index in [4.69, 9.17) is 25.9 Å². The lowest BCUT2D eigenvalue weighted by Gasteiger charge is -2.11. The summed E-state index contributed by atoms with van der Waals surface area (Å²) in [7, 11) is 1.55. The number of methoxy groups -OCH3 is 1. The maximum Gasteiger partial charge on any atom is 0.268 e. The minimum atomic E-state index is -0.493. The van der Waals surface area contributed by atoms with E-state index < -0.39 is 11.8 Å². The van der Waals surface area contributed by atoms with Crippen LogP contribution in [-0.2, 0) is 11.3 Å². The number of carbonyl (C=O) groups excluding carboxylic acids is 2. The van der Waals surface area contributed by atoms with Gasteiger partial charge in [-0.15, -0.1) is 0 Å². The molecule has 0 bridgehead atoms. The zero-order chi connectivity index (χ0) is 27.9. The number of nitrogens with zero attached hydrogens (tertiary/aromatic N) is 2. The minimum absolute atomic E-state index is 0.0372. The molecule has 2 heterocycles. The van der Waals surface area contributed by atoms with Gasteiger partial charge in [-0.25, -0.2) is 4.68 Å². The Morgan fingerprint density at radius 2 is 1.73 bits per heavy atom. The van der Waals surface area contributed by atoms with Crippen LogP contribution in [0.2, 0.25) is 5.02 Å². The third-order valence-electron chi connectivity index (χ3n) is 6.03. The molecule has 2 amide bonds. The average Bonchev–Trinajstić information content (AvgIpc) is 3.67. The molecule has 0 aliphatic rings. The third kappa shape index (κ3) is 6.31. The second-order valence-corrected chi connectivity index (χ2v) is 9.16. The zero-order valence-corrected chi connectivity index (χ0v) is 22.3. The molecule has 0 radical (unpaired) electrons. The van der Waals surface area contributed by atoms with Crippen molar-refractivity contribution in [1.82, 2.24) is 20.4 Å². The second kappa shape index (κ2) is 12.2. The number of nitrogens with one attached hydrogen (secondary N) is 2. The molecule has 0 aliphatic carbocycles. The second-order valence-electron chi connectivity index (χ2n) is 8.72. The predicted molar refractivity (Wildman–Crippen MR) is 153 cm³/mol. The van der Waals surface area contributed by atoms with Crippen molar-refractivity contribution < 1.29 is 18.7 Å². The van der Waals surface area contributed by atoms with Gasteiger partial charge in [-0.3, -0.25) is 9.59 Å². The first-order valence-corrected chi connectivity index (χ1v) is 12.8. The van der Waals surface area contributed by atoms with Crippen molar-refractivity contribution >= 4 is 29.5 Å². The first-order chi connectivity index (χ1) is 19.5. The number of rotatable bonds is 9. The number of carbonyl (C=O) groups is 2. The third-order valence-corrected chi connectivity index (χ3v) is 6.28. The predicted octanol–water partition coefficient (Wildman–Crippen LogP) is 5.88. The van der Waals surface area contributed by atoms with E-state index >= 15 is 0 Å². The topological polar surface area (TPSA) is 98.4 Å². The lowest BCUT2D eigenvalue weighted by Crippen LogP contribution is -2.34. The van der Waals surface area contributed by atoms with Gasteiger partial charge in [-0.1, -0.05) is 41.9 Å². The van der Waals surface area contributed by atoms with Crippen molar-refractivity contribution in [3.63, 3.8) is 0 Å². The van der Waals surface area contributed by atoms with Gasteiger partial charge in [-0.2, -0.15) is 5.10 Å². The molecule has 0 saturated carbocycles. The molecule has 5 aromatic rings. The first kappa shape index (κ1) is 26.5. The van der Waals surface area contributed by atoms with Crippen LogP contribution in [0.1, 0.15) is 21.7 Å². The van der Waals surface area contributed by atoms with E-state index in [0.717, 1.165) is 11.3 Å². The molecule has 3 aromatic carbocycles. The van der Waals surface area contributed by atoms with Crippen molar-refractivity contribution in [1.29, 1.82) is 0 Å². The fraction of sp³-hybridized carbons (Fsp3) is 0.0645. The van der Waals surface area contributed by atoms with Gasteiger partial charge in [0.1, 0.15) is 22.9 Å². The summed E-state index contributed by atoms with van der Waals surface area (Å²) in [5.41, 5.74) is 3.25. The number of hydrogen-bond acceptors (Lipinski definition) is 5. The van der Waals surface area contributed by atoms with E-state index in [1.807, 2.05) is 42.5 Å². The number of furan rings is 1. The quantitative estimate of drug-likeness (QED) is 0.222. The Bertz CT molecular complexity index is 1630. The Kier molecular flexibility index (Phi) is 8.08. The summed E-state index contributed by atoms with van der Waals surface area (Å²) in [5.74, 6) is 0.246. The highest BCUT2D eigenvalue weighted by Crippen LogP contribution is 2.27. The van der Waals surface area contributed by atoms with Crippen molar-refractivity contribution in [2.45, 2.75) is 6.54 Å². The van der Waals surface area contributed by atoms with E-state index in [1.165, 1.54) is 6.26 Å². The van der Waals surface area contributed by atoms with E-state index in [1.54, 1.807) is 72.6 Å². The van der Waals surface area contributed by atoms with Gasteiger partial charge in [0.2, 0.25) is 0 Å². The number of halogens is 1. The average molecular weight is 553 g/mol. The fourth-order valence-corrected chi connectivity index (χ4v) is 4.09. The zero-order valence-electron chi connectivity index (χ0n) is 21.5. The van der Waals surface area contributed by atoms with Gasteiger partial charge in [0.15, 0.2) is 0 Å². The molecule has 0 saturated heterocycles. The van der Waals surface area contributed by atoms with Crippen molar-refractivity contribution in [3.05, 3.63) is 131 Å². The van der Waals surface area contributed by atoms with Crippen molar-refractivity contribution in [2.75, 3.05) is 7.11 Å². The molecular weight excluding hydrogens is 528 g/mol. The highest BCUT2D eigenvalue weighted by atomic mass is 35.5. The summed E-state index contributed by atoms with van der Waals surface area (Å²) in [6.45, 7) is 0.148. The fourth-order valence-electron chi connectivity index (χ4n) is 3.96. The molecule has 40 heavy (non-hydrogen) atoms. The first-order valence-electron chi connectivity index (χ1n) is 12.4. The Balaban J connectivity index is 1.54. The lowest BCUT2D eigenvalue weighted by molar-refractivity contribution is -0.118. The van der Waals surface area contributed by atoms with Crippen LogP contribution < -0.4 is 15.4 Å². The molecule has 200 valence electrons. The minimum Gasteiger partial charge on any atom is -0.497 e. The largest absolute Gasteiger partial charge is 0.497 e. The van der Waals surface area contributed by atoms with E-state index in [0.29, 0.717) is 33.4 Å². The number of aromatic nitrogens is 2. The van der Waals surface area contributed by atoms with Crippen LogP contribution in [0.5, 0.6) is 5.75 Å². The van der Waals surface area contributed by atoms with Gasteiger partial charge in [0.05, 0.1) is 25.6 Å². The molecule has 2 N–H and O–H groups in total. The molecule has 0 unspecified atom stereocenters. The molecule has 2 aromatic heterocycles.